The van der Waals surface area contributed by atoms with Crippen LogP contribution in [-0.2, 0) is 11.2 Å². The van der Waals surface area contributed by atoms with Gasteiger partial charge in [0.15, 0.2) is 0 Å². The summed E-state index contributed by atoms with van der Waals surface area (Å²) in [5.41, 5.74) is 5.72. The van der Waals surface area contributed by atoms with E-state index in [2.05, 4.69) is 19.1 Å². The maximum atomic E-state index is 10.9. The second-order valence-electron chi connectivity index (χ2n) is 5.50. The van der Waals surface area contributed by atoms with E-state index in [-0.39, 0.29) is 0 Å². The summed E-state index contributed by atoms with van der Waals surface area (Å²) in [6, 6.07) is 12.2. The maximum Gasteiger partial charge on any atom is 0.328 e. The third-order valence-electron chi connectivity index (χ3n) is 3.84. The van der Waals surface area contributed by atoms with Gasteiger partial charge >= 0.3 is 5.97 Å². The third-order valence-corrected chi connectivity index (χ3v) is 3.84. The van der Waals surface area contributed by atoms with E-state index in [1.165, 1.54) is 5.56 Å². The lowest BCUT2D eigenvalue weighted by Gasteiger charge is -2.02. The molecular formula is C19H18N2O2. The first-order valence-electron chi connectivity index (χ1n) is 7.57. The van der Waals surface area contributed by atoms with E-state index in [1.54, 1.807) is 6.08 Å². The Hall–Kier alpha value is -2.88. The van der Waals surface area contributed by atoms with Crippen LogP contribution in [0.15, 0.2) is 48.7 Å². The molecule has 0 saturated carbocycles. The van der Waals surface area contributed by atoms with Gasteiger partial charge in [0.05, 0.1) is 11.4 Å². The minimum atomic E-state index is -0.973. The predicted molar refractivity (Wildman–Crippen MR) is 91.4 cm³/mol. The van der Waals surface area contributed by atoms with Gasteiger partial charge < -0.3 is 5.11 Å². The Morgan fingerprint density at radius 3 is 2.65 bits per heavy atom. The second-order valence-corrected chi connectivity index (χ2v) is 5.50. The van der Waals surface area contributed by atoms with Gasteiger partial charge in [0.1, 0.15) is 5.65 Å². The zero-order valence-electron chi connectivity index (χ0n) is 13.2. The number of imidazole rings is 1. The van der Waals surface area contributed by atoms with E-state index in [0.717, 1.165) is 40.7 Å². The number of aromatic nitrogens is 2. The number of aliphatic carboxylic acids is 1. The van der Waals surface area contributed by atoms with Crippen molar-refractivity contribution in [3.05, 3.63) is 65.5 Å². The number of fused-ring (bicyclic) bond motifs is 1. The van der Waals surface area contributed by atoms with Crippen molar-refractivity contribution in [1.29, 1.82) is 0 Å². The highest BCUT2D eigenvalue weighted by atomic mass is 16.4. The number of carbonyl (C=O) groups is 1. The number of benzene rings is 1. The molecule has 3 aromatic rings. The number of pyridine rings is 1. The van der Waals surface area contributed by atoms with Gasteiger partial charge in [-0.2, -0.15) is 0 Å². The van der Waals surface area contributed by atoms with Gasteiger partial charge in [0.2, 0.25) is 0 Å². The second kappa shape index (κ2) is 6.08. The lowest BCUT2D eigenvalue weighted by Crippen LogP contribution is -1.91. The Morgan fingerprint density at radius 2 is 2.00 bits per heavy atom. The lowest BCUT2D eigenvalue weighted by molar-refractivity contribution is -0.131. The van der Waals surface area contributed by atoms with Crippen LogP contribution in [0.25, 0.3) is 23.0 Å². The van der Waals surface area contributed by atoms with Crippen LogP contribution >= 0.6 is 0 Å². The molecular weight excluding hydrogens is 288 g/mol. The Bertz CT molecular complexity index is 890. The molecule has 2 aromatic heterocycles. The average molecular weight is 306 g/mol. The standard InChI is InChI=1S/C19H18N2O2/c1-3-14-4-6-15(7-5-14)19-16(8-9-18(22)23)21-11-10-13(2)12-17(21)20-19/h4-12H,3H2,1-2H3,(H,22,23)/b9-8+. The maximum absolute atomic E-state index is 10.9. The van der Waals surface area contributed by atoms with Crippen LogP contribution in [-0.4, -0.2) is 20.5 Å². The third kappa shape index (κ3) is 3.01. The summed E-state index contributed by atoms with van der Waals surface area (Å²) in [5, 5.41) is 8.94. The lowest BCUT2D eigenvalue weighted by atomic mass is 10.1. The molecule has 0 unspecified atom stereocenters. The zero-order chi connectivity index (χ0) is 16.4. The van der Waals surface area contributed by atoms with E-state index in [9.17, 15) is 4.79 Å². The summed E-state index contributed by atoms with van der Waals surface area (Å²) in [5.74, 6) is -0.973. The van der Waals surface area contributed by atoms with E-state index >= 15 is 0 Å². The molecule has 0 aliphatic rings. The molecule has 4 nitrogen and oxygen atoms in total. The first-order valence-corrected chi connectivity index (χ1v) is 7.57. The summed E-state index contributed by atoms with van der Waals surface area (Å²) in [7, 11) is 0. The molecule has 4 heteroatoms. The average Bonchev–Trinajstić information content (AvgIpc) is 2.90. The number of hydrogen-bond acceptors (Lipinski definition) is 2. The first kappa shape index (κ1) is 15.0. The summed E-state index contributed by atoms with van der Waals surface area (Å²) in [6.07, 6.45) is 5.65. The van der Waals surface area contributed by atoms with Gasteiger partial charge in [-0.25, -0.2) is 9.78 Å². The SMILES string of the molecule is CCc1ccc(-c2nc3cc(C)ccn3c2/C=C/C(=O)O)cc1. The molecule has 1 aromatic carbocycles. The van der Waals surface area contributed by atoms with Crippen molar-refractivity contribution in [3.8, 4) is 11.3 Å². The predicted octanol–water partition coefficient (Wildman–Crippen LogP) is 3.97. The van der Waals surface area contributed by atoms with E-state index in [4.69, 9.17) is 10.1 Å². The minimum Gasteiger partial charge on any atom is -0.478 e. The molecule has 0 amide bonds. The van der Waals surface area contributed by atoms with Crippen molar-refractivity contribution in [3.63, 3.8) is 0 Å². The van der Waals surface area contributed by atoms with Gasteiger partial charge in [0, 0.05) is 17.8 Å². The summed E-state index contributed by atoms with van der Waals surface area (Å²) in [4.78, 5) is 15.6. The molecule has 0 bridgehead atoms. The van der Waals surface area contributed by atoms with Gasteiger partial charge in [-0.3, -0.25) is 4.40 Å². The highest BCUT2D eigenvalue weighted by Gasteiger charge is 2.12. The van der Waals surface area contributed by atoms with Crippen molar-refractivity contribution >= 4 is 17.7 Å². The molecule has 23 heavy (non-hydrogen) atoms. The van der Waals surface area contributed by atoms with Crippen LogP contribution < -0.4 is 0 Å². The molecule has 0 fully saturated rings. The Kier molecular flexibility index (Phi) is 3.98. The highest BCUT2D eigenvalue weighted by Crippen LogP contribution is 2.26. The number of hydrogen-bond donors (Lipinski definition) is 1. The first-order chi connectivity index (χ1) is 11.1. The van der Waals surface area contributed by atoms with E-state index < -0.39 is 5.97 Å². The van der Waals surface area contributed by atoms with Crippen molar-refractivity contribution in [1.82, 2.24) is 9.38 Å². The molecule has 0 aliphatic carbocycles. The fourth-order valence-corrected chi connectivity index (χ4v) is 2.59. The van der Waals surface area contributed by atoms with Crippen LogP contribution in [0.4, 0.5) is 0 Å². The van der Waals surface area contributed by atoms with E-state index in [0.29, 0.717) is 0 Å². The molecule has 0 aliphatic heterocycles. The molecule has 3 rings (SSSR count). The molecule has 1 N–H and O–H groups in total. The number of carboxylic acid groups (broad SMARTS) is 1. The quantitative estimate of drug-likeness (QED) is 0.742. The summed E-state index contributed by atoms with van der Waals surface area (Å²) < 4.78 is 1.91. The number of aryl methyl sites for hydroxylation is 2. The van der Waals surface area contributed by atoms with Crippen LogP contribution in [0, 0.1) is 6.92 Å². The van der Waals surface area contributed by atoms with Gasteiger partial charge in [-0.15, -0.1) is 0 Å². The molecule has 0 spiro atoms. The van der Waals surface area contributed by atoms with Gasteiger partial charge in [0.25, 0.3) is 0 Å². The van der Waals surface area contributed by atoms with Crippen LogP contribution in [0.1, 0.15) is 23.7 Å². The molecule has 0 atom stereocenters. The topological polar surface area (TPSA) is 54.6 Å². The summed E-state index contributed by atoms with van der Waals surface area (Å²) >= 11 is 0. The zero-order valence-corrected chi connectivity index (χ0v) is 13.2. The molecule has 0 radical (unpaired) electrons. The smallest absolute Gasteiger partial charge is 0.328 e. The fraction of sp³-hybridized carbons (Fsp3) is 0.158. The van der Waals surface area contributed by atoms with E-state index in [1.807, 2.05) is 41.8 Å². The number of nitrogens with zero attached hydrogens (tertiary/aromatic N) is 2. The van der Waals surface area contributed by atoms with Gasteiger partial charge in [-0.05, 0) is 42.7 Å². The van der Waals surface area contributed by atoms with Crippen molar-refractivity contribution in [2.24, 2.45) is 0 Å². The minimum absolute atomic E-state index is 0.770. The molecule has 0 saturated heterocycles. The molecule has 116 valence electrons. The number of rotatable bonds is 4. The Balaban J connectivity index is 2.20. The normalized spacial score (nSPS) is 11.4. The molecule has 2 heterocycles. The van der Waals surface area contributed by atoms with Crippen LogP contribution in [0.2, 0.25) is 0 Å². The van der Waals surface area contributed by atoms with Crippen molar-refractivity contribution in [2.45, 2.75) is 20.3 Å². The Labute approximate surface area is 134 Å². The Morgan fingerprint density at radius 1 is 1.26 bits per heavy atom. The monoisotopic (exact) mass is 306 g/mol. The van der Waals surface area contributed by atoms with Crippen molar-refractivity contribution in [2.75, 3.05) is 0 Å². The highest BCUT2D eigenvalue weighted by molar-refractivity contribution is 5.87. The van der Waals surface area contributed by atoms with Crippen LogP contribution in [0.3, 0.4) is 0 Å². The van der Waals surface area contributed by atoms with Crippen LogP contribution in [0.5, 0.6) is 0 Å². The van der Waals surface area contributed by atoms with Gasteiger partial charge in [-0.1, -0.05) is 31.2 Å². The summed E-state index contributed by atoms with van der Waals surface area (Å²) in [6.45, 7) is 4.13. The largest absolute Gasteiger partial charge is 0.478 e. The van der Waals surface area contributed by atoms with Crippen molar-refractivity contribution < 1.29 is 9.90 Å². The fourth-order valence-electron chi connectivity index (χ4n) is 2.59. The number of carboxylic acids is 1.